The van der Waals surface area contributed by atoms with Gasteiger partial charge in [-0.1, -0.05) is 224 Å². The van der Waals surface area contributed by atoms with Gasteiger partial charge >= 0.3 is 6.18 Å². The average Bonchev–Trinajstić information content (AvgIpc) is 1.84. The summed E-state index contributed by atoms with van der Waals surface area (Å²) in [7, 11) is 0. The third-order valence-electron chi connectivity index (χ3n) is 15.9. The molecule has 0 aliphatic carbocycles. The van der Waals surface area contributed by atoms with E-state index in [0.717, 1.165) is 95.1 Å². The summed E-state index contributed by atoms with van der Waals surface area (Å²) in [6, 6.07) is 88.9. The molecule has 0 unspecified atom stereocenters. The lowest BCUT2D eigenvalue weighted by Crippen LogP contribution is -2.06. The van der Waals surface area contributed by atoms with E-state index in [4.69, 9.17) is 44.9 Å². The summed E-state index contributed by atoms with van der Waals surface area (Å²) in [5, 5.41) is 1.64. The molecule has 0 N–H and O–H groups in total. The molecule has 0 spiro atoms. The van der Waals surface area contributed by atoms with Gasteiger partial charge in [-0.25, -0.2) is 44.9 Å². The van der Waals surface area contributed by atoms with E-state index in [0.29, 0.717) is 74.8 Å². The maximum atomic E-state index is 14.6. The van der Waals surface area contributed by atoms with Gasteiger partial charge in [0.15, 0.2) is 52.4 Å². The van der Waals surface area contributed by atoms with Crippen LogP contribution in [0.15, 0.2) is 279 Å². The highest BCUT2D eigenvalue weighted by atomic mass is 19.4. The Labute approximate surface area is 515 Å². The van der Waals surface area contributed by atoms with E-state index in [-0.39, 0.29) is 0 Å². The van der Waals surface area contributed by atoms with Crippen molar-refractivity contribution >= 4 is 21.8 Å². The Morgan fingerprint density at radius 3 is 0.800 bits per heavy atom. The summed E-state index contributed by atoms with van der Waals surface area (Å²) >= 11 is 0. The molecule has 0 aliphatic heterocycles. The van der Waals surface area contributed by atoms with Crippen LogP contribution in [0.2, 0.25) is 0 Å². The number of alkyl halides is 3. The van der Waals surface area contributed by atoms with Crippen LogP contribution in [-0.4, -0.2) is 49.4 Å². The molecule has 11 aromatic carbocycles. The monoisotopic (exact) mass is 1170 g/mol. The number of fused-ring (bicyclic) bond motifs is 3. The van der Waals surface area contributed by atoms with E-state index < -0.39 is 11.7 Å². The second kappa shape index (κ2) is 23.0. The molecule has 0 radical (unpaired) electrons. The molecule has 0 amide bonds. The number of hydrogen-bond acceptors (Lipinski definition) is 9. The minimum Gasteiger partial charge on any atom is -0.308 e. The standard InChI is InChI=1S/C77H49F3N10/c1-48-32-34-49(35-33-48)61-46-59(76-88-72(55-28-16-6-17-29-55)83-73(89-76)56-30-18-7-19-31-56)47-62(50-36-40-60(41-37-50)77(78,79)80)67(61)90-65-42-38-57(74-84-68(51-20-8-2-9-21-51)81-69(85-74)52-22-10-3-11-23-52)44-63(65)64-45-58(39-43-66(64)90)75-86-70(53-24-12-4-13-25-53)82-71(87-75)54-26-14-5-15-27-54/h2-47H,1H3. The highest BCUT2D eigenvalue weighted by Crippen LogP contribution is 2.46. The van der Waals surface area contributed by atoms with Crippen molar-refractivity contribution in [1.29, 1.82) is 0 Å². The Kier molecular flexibility index (Phi) is 14.0. The minimum atomic E-state index is -4.59. The predicted molar refractivity (Wildman–Crippen MR) is 350 cm³/mol. The third-order valence-corrected chi connectivity index (χ3v) is 15.9. The maximum Gasteiger partial charge on any atom is 0.416 e. The molecule has 15 rings (SSSR count). The SMILES string of the molecule is Cc1ccc(-c2cc(-c3nc(-c4ccccc4)nc(-c4ccccc4)n3)cc(-c3ccc(C(F)(F)F)cc3)c2-n2c3ccc(-c4nc(-c5ccccc5)nc(-c5ccccc5)n4)cc3c3cc(-c4nc(-c5ccccc5)nc(-c5ccccc5)n4)ccc32)cc1. The zero-order valence-electron chi connectivity index (χ0n) is 48.2. The fourth-order valence-corrected chi connectivity index (χ4v) is 11.4. The van der Waals surface area contributed by atoms with E-state index in [1.165, 1.54) is 12.1 Å². The quantitative estimate of drug-likeness (QED) is 0.118. The summed E-state index contributed by atoms with van der Waals surface area (Å²) < 4.78 is 46.1. The first-order chi connectivity index (χ1) is 44.1. The van der Waals surface area contributed by atoms with Crippen LogP contribution in [0.4, 0.5) is 13.2 Å². The average molecular weight is 1170 g/mol. The van der Waals surface area contributed by atoms with Crippen molar-refractivity contribution in [2.24, 2.45) is 0 Å². The first-order valence-electron chi connectivity index (χ1n) is 29.3. The third kappa shape index (κ3) is 10.7. The zero-order chi connectivity index (χ0) is 60.7. The van der Waals surface area contributed by atoms with Crippen molar-refractivity contribution < 1.29 is 13.2 Å². The highest BCUT2D eigenvalue weighted by Gasteiger charge is 2.31. The van der Waals surface area contributed by atoms with Crippen molar-refractivity contribution in [3.05, 3.63) is 290 Å². The molecule has 4 heterocycles. The second-order valence-electron chi connectivity index (χ2n) is 21.8. The minimum absolute atomic E-state index is 0.372. The molecule has 0 fully saturated rings. The van der Waals surface area contributed by atoms with E-state index in [1.807, 2.05) is 207 Å². The van der Waals surface area contributed by atoms with Crippen molar-refractivity contribution in [2.75, 3.05) is 0 Å². The van der Waals surface area contributed by atoms with Gasteiger partial charge in [-0.05, 0) is 78.7 Å². The van der Waals surface area contributed by atoms with E-state index in [9.17, 15) is 13.2 Å². The van der Waals surface area contributed by atoms with E-state index in [1.54, 1.807) is 0 Å². The molecule has 0 saturated carbocycles. The highest BCUT2D eigenvalue weighted by molar-refractivity contribution is 6.13. The number of nitrogens with zero attached hydrogens (tertiary/aromatic N) is 10. The summed E-state index contributed by atoms with van der Waals surface area (Å²) in [5.41, 5.74) is 12.2. The van der Waals surface area contributed by atoms with Crippen LogP contribution in [0.25, 0.3) is 152 Å². The fourth-order valence-electron chi connectivity index (χ4n) is 11.4. The Hall–Kier alpha value is -12.0. The Bertz CT molecular complexity index is 4770. The molecular weight excluding hydrogens is 1120 g/mol. The zero-order valence-corrected chi connectivity index (χ0v) is 48.2. The van der Waals surface area contributed by atoms with E-state index in [2.05, 4.69) is 59.2 Å². The molecule has 0 aliphatic rings. The van der Waals surface area contributed by atoms with Gasteiger partial charge in [0.25, 0.3) is 0 Å². The largest absolute Gasteiger partial charge is 0.416 e. The molecule has 13 heteroatoms. The van der Waals surface area contributed by atoms with Crippen molar-refractivity contribution in [2.45, 2.75) is 13.1 Å². The lowest BCUT2D eigenvalue weighted by Gasteiger charge is -2.21. The van der Waals surface area contributed by atoms with Crippen LogP contribution in [0.3, 0.4) is 0 Å². The van der Waals surface area contributed by atoms with E-state index >= 15 is 0 Å². The molecule has 90 heavy (non-hydrogen) atoms. The number of benzene rings is 11. The van der Waals surface area contributed by atoms with Gasteiger partial charge in [-0.3, -0.25) is 0 Å². The van der Waals surface area contributed by atoms with Crippen LogP contribution >= 0.6 is 0 Å². The van der Waals surface area contributed by atoms with Crippen molar-refractivity contribution in [3.8, 4) is 130 Å². The molecular formula is C77H49F3N10. The number of aryl methyl sites for hydroxylation is 1. The van der Waals surface area contributed by atoms with Crippen molar-refractivity contribution in [1.82, 2.24) is 49.4 Å². The van der Waals surface area contributed by atoms with Gasteiger partial charge < -0.3 is 4.57 Å². The maximum absolute atomic E-state index is 14.6. The van der Waals surface area contributed by atoms with Gasteiger partial charge in [-0.15, -0.1) is 0 Å². The molecule has 10 nitrogen and oxygen atoms in total. The number of aromatic nitrogens is 10. The smallest absolute Gasteiger partial charge is 0.308 e. The van der Waals surface area contributed by atoms with Crippen LogP contribution < -0.4 is 0 Å². The first-order valence-corrected chi connectivity index (χ1v) is 29.3. The van der Waals surface area contributed by atoms with Crippen LogP contribution in [0.1, 0.15) is 11.1 Å². The number of hydrogen-bond donors (Lipinski definition) is 0. The number of halogens is 3. The topological polar surface area (TPSA) is 121 Å². The fraction of sp³-hybridized carbons (Fsp3) is 0.0260. The van der Waals surface area contributed by atoms with Gasteiger partial charge in [0.05, 0.1) is 22.3 Å². The molecule has 428 valence electrons. The van der Waals surface area contributed by atoms with Crippen molar-refractivity contribution in [3.63, 3.8) is 0 Å². The summed E-state index contributed by atoms with van der Waals surface area (Å²) in [6.45, 7) is 2.04. The van der Waals surface area contributed by atoms with Crippen LogP contribution in [0, 0.1) is 6.92 Å². The van der Waals surface area contributed by atoms with Gasteiger partial charge in [0.2, 0.25) is 0 Å². The molecule has 0 bridgehead atoms. The summed E-state index contributed by atoms with van der Waals surface area (Å²) in [5.74, 6) is 4.24. The molecule has 15 aromatic rings. The van der Waals surface area contributed by atoms with Crippen LogP contribution in [-0.2, 0) is 6.18 Å². The Balaban J connectivity index is 1.04. The first kappa shape index (κ1) is 54.7. The van der Waals surface area contributed by atoms with Gasteiger partial charge in [0.1, 0.15) is 0 Å². The normalized spacial score (nSPS) is 11.6. The predicted octanol–water partition coefficient (Wildman–Crippen LogP) is 19.0. The molecule has 4 aromatic heterocycles. The Morgan fingerprint density at radius 1 is 0.256 bits per heavy atom. The van der Waals surface area contributed by atoms with Crippen LogP contribution in [0.5, 0.6) is 0 Å². The van der Waals surface area contributed by atoms with Gasteiger partial charge in [0, 0.05) is 72.0 Å². The lowest BCUT2D eigenvalue weighted by molar-refractivity contribution is -0.137. The summed E-state index contributed by atoms with van der Waals surface area (Å²) in [6.07, 6.45) is -4.59. The van der Waals surface area contributed by atoms with Gasteiger partial charge in [-0.2, -0.15) is 13.2 Å². The second-order valence-corrected chi connectivity index (χ2v) is 21.8. The summed E-state index contributed by atoms with van der Waals surface area (Å²) in [4.78, 5) is 46.1. The lowest BCUT2D eigenvalue weighted by atomic mass is 9.91. The Morgan fingerprint density at radius 2 is 0.511 bits per heavy atom. The molecule has 0 atom stereocenters. The molecule has 0 saturated heterocycles. The number of rotatable bonds is 12.